The molecular formula is C15H18ClNO3. The molecule has 2 aliphatic rings. The van der Waals surface area contributed by atoms with Crippen molar-refractivity contribution >= 4 is 17.5 Å². The Hall–Kier alpha value is -1.42. The Morgan fingerprint density at radius 3 is 2.90 bits per heavy atom. The number of ether oxygens (including phenoxy) is 2. The van der Waals surface area contributed by atoms with E-state index in [1.54, 1.807) is 18.2 Å². The topological polar surface area (TPSA) is 47.6 Å². The van der Waals surface area contributed by atoms with Gasteiger partial charge in [-0.1, -0.05) is 6.42 Å². The van der Waals surface area contributed by atoms with Gasteiger partial charge in [0, 0.05) is 18.0 Å². The lowest BCUT2D eigenvalue weighted by atomic mass is 9.98. The molecule has 1 aliphatic carbocycles. The van der Waals surface area contributed by atoms with Crippen molar-refractivity contribution in [1.29, 1.82) is 0 Å². The van der Waals surface area contributed by atoms with Crippen LogP contribution in [0.15, 0.2) is 18.2 Å². The van der Waals surface area contributed by atoms with Crippen molar-refractivity contribution in [3.8, 4) is 11.5 Å². The monoisotopic (exact) mass is 295 g/mol. The zero-order valence-electron chi connectivity index (χ0n) is 11.2. The van der Waals surface area contributed by atoms with Crippen LogP contribution in [-0.4, -0.2) is 25.1 Å². The Kier molecular flexibility index (Phi) is 4.01. The highest BCUT2D eigenvalue weighted by Gasteiger charge is 2.27. The second-order valence-electron chi connectivity index (χ2n) is 5.38. The van der Waals surface area contributed by atoms with E-state index in [1.807, 2.05) is 0 Å². The second-order valence-corrected chi connectivity index (χ2v) is 5.69. The summed E-state index contributed by atoms with van der Waals surface area (Å²) >= 11 is 5.96. The molecule has 3 rings (SSSR count). The maximum absolute atomic E-state index is 12.2. The summed E-state index contributed by atoms with van der Waals surface area (Å²) in [5, 5.41) is 3.00. The van der Waals surface area contributed by atoms with Gasteiger partial charge in [0.15, 0.2) is 11.5 Å². The molecule has 0 aromatic heterocycles. The molecule has 1 aliphatic heterocycles. The van der Waals surface area contributed by atoms with Crippen LogP contribution in [-0.2, 0) is 0 Å². The predicted octanol–water partition coefficient (Wildman–Crippen LogP) is 2.80. The van der Waals surface area contributed by atoms with Crippen molar-refractivity contribution in [2.75, 3.05) is 19.2 Å². The molecule has 0 spiro atoms. The quantitative estimate of drug-likeness (QED) is 0.869. The van der Waals surface area contributed by atoms with Crippen molar-refractivity contribution in [3.63, 3.8) is 0 Å². The normalized spacial score (nSPS) is 23.9. The van der Waals surface area contributed by atoms with Crippen molar-refractivity contribution in [2.45, 2.75) is 19.3 Å². The van der Waals surface area contributed by atoms with Gasteiger partial charge in [-0.05, 0) is 42.9 Å². The van der Waals surface area contributed by atoms with Crippen LogP contribution in [0, 0.1) is 11.8 Å². The first kappa shape index (κ1) is 13.6. The molecule has 1 N–H and O–H groups in total. The maximum atomic E-state index is 12.2. The fourth-order valence-electron chi connectivity index (χ4n) is 2.95. The molecule has 2 unspecified atom stereocenters. The molecule has 0 bridgehead atoms. The number of alkyl halides is 1. The molecule has 20 heavy (non-hydrogen) atoms. The van der Waals surface area contributed by atoms with Gasteiger partial charge >= 0.3 is 0 Å². The zero-order chi connectivity index (χ0) is 13.9. The molecule has 0 radical (unpaired) electrons. The van der Waals surface area contributed by atoms with E-state index < -0.39 is 0 Å². The number of hydrogen-bond acceptors (Lipinski definition) is 3. The van der Waals surface area contributed by atoms with E-state index in [1.165, 1.54) is 12.8 Å². The summed E-state index contributed by atoms with van der Waals surface area (Å²) in [4.78, 5) is 12.2. The summed E-state index contributed by atoms with van der Waals surface area (Å²) in [5.74, 6) is 2.99. The zero-order valence-corrected chi connectivity index (χ0v) is 12.0. The molecule has 1 saturated carbocycles. The summed E-state index contributed by atoms with van der Waals surface area (Å²) in [5.41, 5.74) is 0.606. The average molecular weight is 296 g/mol. The number of rotatable bonds is 4. The van der Waals surface area contributed by atoms with Crippen molar-refractivity contribution in [2.24, 2.45) is 11.8 Å². The first-order chi connectivity index (χ1) is 9.78. The number of benzene rings is 1. The van der Waals surface area contributed by atoms with Crippen molar-refractivity contribution < 1.29 is 14.3 Å². The lowest BCUT2D eigenvalue weighted by Crippen LogP contribution is -2.31. The Morgan fingerprint density at radius 2 is 2.05 bits per heavy atom. The SMILES string of the molecule is O=C(NCC1CCCC1CCl)c1ccc2c(c1)OCO2. The Morgan fingerprint density at radius 1 is 1.25 bits per heavy atom. The lowest BCUT2D eigenvalue weighted by molar-refractivity contribution is 0.0944. The van der Waals surface area contributed by atoms with Crippen LogP contribution in [0.3, 0.4) is 0 Å². The van der Waals surface area contributed by atoms with Crippen molar-refractivity contribution in [3.05, 3.63) is 23.8 Å². The highest BCUT2D eigenvalue weighted by molar-refractivity contribution is 6.18. The molecule has 1 aromatic rings. The van der Waals surface area contributed by atoms with Crippen LogP contribution in [0.1, 0.15) is 29.6 Å². The van der Waals surface area contributed by atoms with Crippen LogP contribution in [0.2, 0.25) is 0 Å². The summed E-state index contributed by atoms with van der Waals surface area (Å²) in [6.07, 6.45) is 3.54. The number of hydrogen-bond donors (Lipinski definition) is 1. The molecule has 1 aromatic carbocycles. The highest BCUT2D eigenvalue weighted by Crippen LogP contribution is 2.33. The van der Waals surface area contributed by atoms with Gasteiger partial charge in [-0.15, -0.1) is 11.6 Å². The van der Waals surface area contributed by atoms with E-state index >= 15 is 0 Å². The number of carbonyl (C=O) groups is 1. The van der Waals surface area contributed by atoms with Gasteiger partial charge in [0.25, 0.3) is 5.91 Å². The second kappa shape index (κ2) is 5.92. The largest absolute Gasteiger partial charge is 0.454 e. The van der Waals surface area contributed by atoms with E-state index in [-0.39, 0.29) is 12.7 Å². The minimum absolute atomic E-state index is 0.0662. The van der Waals surface area contributed by atoms with Crippen molar-refractivity contribution in [1.82, 2.24) is 5.32 Å². The summed E-state index contributed by atoms with van der Waals surface area (Å²) < 4.78 is 10.5. The fraction of sp³-hybridized carbons (Fsp3) is 0.533. The molecule has 0 saturated heterocycles. The van der Waals surface area contributed by atoms with E-state index in [4.69, 9.17) is 21.1 Å². The van der Waals surface area contributed by atoms with Crippen LogP contribution < -0.4 is 14.8 Å². The smallest absolute Gasteiger partial charge is 0.251 e. The lowest BCUT2D eigenvalue weighted by Gasteiger charge is -2.17. The standard InChI is InChI=1S/C15H18ClNO3/c16-7-11-2-1-3-12(11)8-17-15(18)10-4-5-13-14(6-10)20-9-19-13/h4-6,11-12H,1-3,7-9H2,(H,17,18). The van der Waals surface area contributed by atoms with Gasteiger partial charge in [-0.25, -0.2) is 0 Å². The number of carbonyl (C=O) groups excluding carboxylic acids is 1. The highest BCUT2D eigenvalue weighted by atomic mass is 35.5. The molecule has 1 amide bonds. The summed E-state index contributed by atoms with van der Waals surface area (Å²) in [7, 11) is 0. The Bertz CT molecular complexity index is 506. The molecular weight excluding hydrogens is 278 g/mol. The summed E-state index contributed by atoms with van der Waals surface area (Å²) in [6.45, 7) is 0.921. The Balaban J connectivity index is 1.59. The minimum Gasteiger partial charge on any atom is -0.454 e. The third-order valence-corrected chi connectivity index (χ3v) is 4.57. The fourth-order valence-corrected chi connectivity index (χ4v) is 3.36. The average Bonchev–Trinajstić information content (AvgIpc) is 3.12. The van der Waals surface area contributed by atoms with E-state index in [0.29, 0.717) is 41.3 Å². The van der Waals surface area contributed by atoms with Gasteiger partial charge in [0.05, 0.1) is 0 Å². The third-order valence-electron chi connectivity index (χ3n) is 4.17. The molecule has 1 heterocycles. The van der Waals surface area contributed by atoms with Gasteiger partial charge in [0.2, 0.25) is 6.79 Å². The first-order valence-electron chi connectivity index (χ1n) is 7.01. The summed E-state index contributed by atoms with van der Waals surface area (Å²) in [6, 6.07) is 5.26. The molecule has 108 valence electrons. The van der Waals surface area contributed by atoms with E-state index in [9.17, 15) is 4.79 Å². The van der Waals surface area contributed by atoms with Gasteiger partial charge in [0.1, 0.15) is 0 Å². The van der Waals surface area contributed by atoms with E-state index in [2.05, 4.69) is 5.32 Å². The number of fused-ring (bicyclic) bond motifs is 1. The van der Waals surface area contributed by atoms with Gasteiger partial charge < -0.3 is 14.8 Å². The third kappa shape index (κ3) is 2.70. The maximum Gasteiger partial charge on any atom is 0.251 e. The van der Waals surface area contributed by atoms with Gasteiger partial charge in [-0.2, -0.15) is 0 Å². The van der Waals surface area contributed by atoms with Gasteiger partial charge in [-0.3, -0.25) is 4.79 Å². The van der Waals surface area contributed by atoms with Crippen LogP contribution in [0.25, 0.3) is 0 Å². The van der Waals surface area contributed by atoms with E-state index in [0.717, 1.165) is 6.42 Å². The molecule has 4 nitrogen and oxygen atoms in total. The minimum atomic E-state index is -0.0662. The number of amides is 1. The molecule has 1 fully saturated rings. The van der Waals surface area contributed by atoms with Crippen LogP contribution in [0.5, 0.6) is 11.5 Å². The number of halogens is 1. The Labute approximate surface area is 123 Å². The first-order valence-corrected chi connectivity index (χ1v) is 7.55. The number of nitrogens with one attached hydrogen (secondary N) is 1. The van der Waals surface area contributed by atoms with Crippen LogP contribution >= 0.6 is 11.6 Å². The molecule has 5 heteroatoms. The predicted molar refractivity (Wildman–Crippen MR) is 76.4 cm³/mol. The van der Waals surface area contributed by atoms with Crippen LogP contribution in [0.4, 0.5) is 0 Å². The molecule has 2 atom stereocenters.